The third-order valence-corrected chi connectivity index (χ3v) is 3.72. The van der Waals surface area contributed by atoms with E-state index >= 15 is 0 Å². The quantitative estimate of drug-likeness (QED) is 0.742. The van der Waals surface area contributed by atoms with Crippen LogP contribution in [0.15, 0.2) is 6.07 Å². The zero-order valence-electron chi connectivity index (χ0n) is 11.7. The fraction of sp³-hybridized carbons (Fsp3) is 0.714. The fourth-order valence-corrected chi connectivity index (χ4v) is 2.49. The second kappa shape index (κ2) is 6.19. The Kier molecular flexibility index (Phi) is 4.58. The molecule has 106 valence electrons. The van der Waals surface area contributed by atoms with Crippen LogP contribution >= 0.6 is 0 Å². The molecule has 1 fully saturated rings. The van der Waals surface area contributed by atoms with E-state index < -0.39 is 5.97 Å². The summed E-state index contributed by atoms with van der Waals surface area (Å²) in [6.07, 6.45) is 3.86. The predicted molar refractivity (Wildman–Crippen MR) is 73.4 cm³/mol. The number of carboxylic acids is 1. The zero-order chi connectivity index (χ0) is 13.8. The second-order valence-corrected chi connectivity index (χ2v) is 5.86. The van der Waals surface area contributed by atoms with Crippen molar-refractivity contribution >= 4 is 5.97 Å². The molecule has 0 aliphatic carbocycles. The number of likely N-dealkylation sites (tertiary alicyclic amines) is 1. The monoisotopic (exact) mass is 265 g/mol. The molecule has 1 saturated heterocycles. The maximum atomic E-state index is 10.7. The normalized spacial score (nSPS) is 16.8. The first kappa shape index (κ1) is 14.1. The molecule has 1 aliphatic rings. The van der Waals surface area contributed by atoms with Gasteiger partial charge < -0.3 is 10.0 Å². The molecule has 2 rings (SSSR count). The van der Waals surface area contributed by atoms with E-state index in [1.807, 2.05) is 0 Å². The van der Waals surface area contributed by atoms with Gasteiger partial charge in [0.15, 0.2) is 5.69 Å². The summed E-state index contributed by atoms with van der Waals surface area (Å²) in [6.45, 7) is 7.71. The van der Waals surface area contributed by atoms with Crippen LogP contribution in [0.5, 0.6) is 0 Å². The molecule has 2 N–H and O–H groups in total. The number of aromatic amines is 1. The zero-order valence-corrected chi connectivity index (χ0v) is 11.7. The minimum atomic E-state index is -0.965. The molecule has 0 saturated carbocycles. The van der Waals surface area contributed by atoms with E-state index in [4.69, 9.17) is 5.11 Å². The molecule has 2 heterocycles. The number of hydrogen-bond acceptors (Lipinski definition) is 3. The molecule has 0 spiro atoms. The van der Waals surface area contributed by atoms with Crippen molar-refractivity contribution in [3.05, 3.63) is 17.5 Å². The predicted octanol–water partition coefficient (Wildman–Crippen LogP) is 2.33. The van der Waals surface area contributed by atoms with Crippen LogP contribution in [-0.4, -0.2) is 45.8 Å². The van der Waals surface area contributed by atoms with E-state index in [2.05, 4.69) is 28.9 Å². The molecule has 0 unspecified atom stereocenters. The van der Waals surface area contributed by atoms with Crippen molar-refractivity contribution in [1.29, 1.82) is 0 Å². The summed E-state index contributed by atoms with van der Waals surface area (Å²) < 4.78 is 0. The van der Waals surface area contributed by atoms with Crippen molar-refractivity contribution in [1.82, 2.24) is 15.1 Å². The van der Waals surface area contributed by atoms with Gasteiger partial charge in [0, 0.05) is 24.7 Å². The van der Waals surface area contributed by atoms with E-state index in [1.54, 1.807) is 6.07 Å². The molecule has 1 aromatic rings. The molecule has 19 heavy (non-hydrogen) atoms. The first-order valence-corrected chi connectivity index (χ1v) is 7.07. The fourth-order valence-electron chi connectivity index (χ4n) is 2.49. The summed E-state index contributed by atoms with van der Waals surface area (Å²) in [5.74, 6) is 0.252. The highest BCUT2D eigenvalue weighted by atomic mass is 16.4. The summed E-state index contributed by atoms with van der Waals surface area (Å²) in [6, 6.07) is 1.66. The summed E-state index contributed by atoms with van der Waals surface area (Å²) in [5.41, 5.74) is 1.07. The van der Waals surface area contributed by atoms with Crippen molar-refractivity contribution in [3.63, 3.8) is 0 Å². The smallest absolute Gasteiger partial charge is 0.356 e. The van der Waals surface area contributed by atoms with Gasteiger partial charge in [0.05, 0.1) is 0 Å². The van der Waals surface area contributed by atoms with Crippen molar-refractivity contribution < 1.29 is 9.90 Å². The van der Waals surface area contributed by atoms with E-state index in [9.17, 15) is 4.79 Å². The lowest BCUT2D eigenvalue weighted by molar-refractivity contribution is 0.0690. The van der Waals surface area contributed by atoms with Gasteiger partial charge in [-0.3, -0.25) is 5.10 Å². The van der Waals surface area contributed by atoms with Crippen LogP contribution in [0.25, 0.3) is 0 Å². The van der Waals surface area contributed by atoms with Crippen molar-refractivity contribution in [2.45, 2.75) is 39.0 Å². The van der Waals surface area contributed by atoms with Gasteiger partial charge in [0.25, 0.3) is 0 Å². The lowest BCUT2D eigenvalue weighted by Gasteiger charge is -2.38. The Bertz CT molecular complexity index is 422. The van der Waals surface area contributed by atoms with Crippen molar-refractivity contribution in [2.24, 2.45) is 5.92 Å². The third-order valence-electron chi connectivity index (χ3n) is 3.72. The van der Waals surface area contributed by atoms with E-state index in [-0.39, 0.29) is 5.69 Å². The minimum absolute atomic E-state index is 0.116. The Labute approximate surface area is 114 Å². The summed E-state index contributed by atoms with van der Waals surface area (Å²) in [7, 11) is 0. The Balaban J connectivity index is 1.66. The van der Waals surface area contributed by atoms with E-state index in [0.29, 0.717) is 5.92 Å². The molecular formula is C14H23N3O2. The minimum Gasteiger partial charge on any atom is -0.476 e. The average molecular weight is 265 g/mol. The number of carbonyl (C=O) groups is 1. The van der Waals surface area contributed by atoms with Crippen LogP contribution in [0, 0.1) is 5.92 Å². The number of aromatic nitrogens is 2. The van der Waals surface area contributed by atoms with Gasteiger partial charge in [0.2, 0.25) is 0 Å². The Morgan fingerprint density at radius 1 is 1.53 bits per heavy atom. The van der Waals surface area contributed by atoms with Gasteiger partial charge in [-0.25, -0.2) is 4.79 Å². The molecular weight excluding hydrogens is 242 g/mol. The van der Waals surface area contributed by atoms with Crippen LogP contribution in [0.4, 0.5) is 0 Å². The Morgan fingerprint density at radius 3 is 2.84 bits per heavy atom. The van der Waals surface area contributed by atoms with Crippen LogP contribution in [-0.2, 0) is 0 Å². The van der Waals surface area contributed by atoms with Crippen molar-refractivity contribution in [2.75, 3.05) is 19.6 Å². The van der Waals surface area contributed by atoms with Gasteiger partial charge in [-0.1, -0.05) is 26.7 Å². The average Bonchev–Trinajstić information content (AvgIpc) is 2.75. The van der Waals surface area contributed by atoms with Crippen LogP contribution in [0.3, 0.4) is 0 Å². The standard InChI is InChI=1S/C14H23N3O2/c1-10(2)5-3-4-6-17-8-11(9-17)12-7-13(14(18)19)16-15-12/h7,10-11H,3-6,8-9H2,1-2H3,(H,15,16)(H,18,19). The maximum Gasteiger partial charge on any atom is 0.356 e. The highest BCUT2D eigenvalue weighted by molar-refractivity contribution is 5.85. The number of H-pyrrole nitrogens is 1. The number of rotatable bonds is 7. The summed E-state index contributed by atoms with van der Waals surface area (Å²) in [4.78, 5) is 13.2. The van der Waals surface area contributed by atoms with Crippen LogP contribution in [0.2, 0.25) is 0 Å². The number of aromatic carboxylic acids is 1. The number of hydrogen-bond donors (Lipinski definition) is 2. The number of nitrogens with zero attached hydrogens (tertiary/aromatic N) is 2. The molecule has 0 amide bonds. The van der Waals surface area contributed by atoms with Gasteiger partial charge in [0.1, 0.15) is 0 Å². The number of carboxylic acid groups (broad SMARTS) is 1. The van der Waals surface area contributed by atoms with E-state index in [0.717, 1.165) is 31.2 Å². The first-order valence-electron chi connectivity index (χ1n) is 7.07. The topological polar surface area (TPSA) is 69.2 Å². The molecule has 1 aliphatic heterocycles. The van der Waals surface area contributed by atoms with Crippen molar-refractivity contribution in [3.8, 4) is 0 Å². The molecule has 5 nitrogen and oxygen atoms in total. The van der Waals surface area contributed by atoms with Gasteiger partial charge >= 0.3 is 5.97 Å². The molecule has 5 heteroatoms. The largest absolute Gasteiger partial charge is 0.476 e. The Morgan fingerprint density at radius 2 is 2.26 bits per heavy atom. The summed E-state index contributed by atoms with van der Waals surface area (Å²) in [5, 5.41) is 15.4. The summed E-state index contributed by atoms with van der Waals surface area (Å²) >= 11 is 0. The second-order valence-electron chi connectivity index (χ2n) is 5.86. The molecule has 0 radical (unpaired) electrons. The van der Waals surface area contributed by atoms with Gasteiger partial charge in [-0.05, 0) is 24.9 Å². The lowest BCUT2D eigenvalue weighted by atomic mass is 9.95. The van der Waals surface area contributed by atoms with Gasteiger partial charge in [-0.2, -0.15) is 5.10 Å². The molecule has 0 atom stereocenters. The molecule has 1 aromatic heterocycles. The lowest BCUT2D eigenvalue weighted by Crippen LogP contribution is -2.45. The highest BCUT2D eigenvalue weighted by Crippen LogP contribution is 2.26. The SMILES string of the molecule is CC(C)CCCCN1CC(c2cc(C(=O)O)n[nH]2)C1. The van der Waals surface area contributed by atoms with Crippen LogP contribution < -0.4 is 0 Å². The molecule has 0 aromatic carbocycles. The first-order chi connectivity index (χ1) is 9.06. The number of unbranched alkanes of at least 4 members (excludes halogenated alkanes) is 1. The maximum absolute atomic E-state index is 10.7. The Hall–Kier alpha value is -1.36. The third kappa shape index (κ3) is 3.80. The number of nitrogens with one attached hydrogen (secondary N) is 1. The van der Waals surface area contributed by atoms with E-state index in [1.165, 1.54) is 19.3 Å². The molecule has 0 bridgehead atoms. The van der Waals surface area contributed by atoms with Gasteiger partial charge in [-0.15, -0.1) is 0 Å². The van der Waals surface area contributed by atoms with Crippen LogP contribution in [0.1, 0.15) is 55.2 Å². The highest BCUT2D eigenvalue weighted by Gasteiger charge is 2.29.